The van der Waals surface area contributed by atoms with Crippen LogP contribution in [0.4, 0.5) is 0 Å². The second-order valence-corrected chi connectivity index (χ2v) is 24.1. The number of halogens is 1. The van der Waals surface area contributed by atoms with Crippen molar-refractivity contribution in [2.75, 3.05) is 0 Å². The Bertz CT molecular complexity index is 1970. The molecule has 0 aliphatic rings. The van der Waals surface area contributed by atoms with Crippen molar-refractivity contribution >= 4 is 51.6 Å². The molecule has 5 nitrogen and oxygen atoms in total. The van der Waals surface area contributed by atoms with Gasteiger partial charge in [-0.15, -0.1) is 0 Å². The summed E-state index contributed by atoms with van der Waals surface area (Å²) in [6.07, 6.45) is 0. The third-order valence-electron chi connectivity index (χ3n) is 9.43. The normalized spacial score (nSPS) is 12.8. The average Bonchev–Trinajstić information content (AvgIpc) is 3.15. The van der Waals surface area contributed by atoms with Gasteiger partial charge >= 0.3 is 316 Å². The summed E-state index contributed by atoms with van der Waals surface area (Å²) in [6.45, 7) is 8.25. The van der Waals surface area contributed by atoms with E-state index in [1.807, 2.05) is 19.1 Å². The summed E-state index contributed by atoms with van der Waals surface area (Å²) in [5, 5.41) is 4.29. The van der Waals surface area contributed by atoms with Gasteiger partial charge in [0.2, 0.25) is 0 Å². The Balaban J connectivity index is 1.44. The van der Waals surface area contributed by atoms with Crippen LogP contribution in [0.2, 0.25) is 10.3 Å². The maximum absolute atomic E-state index is 15.3. The monoisotopic (exact) mass is 789 g/mol. The first-order valence-corrected chi connectivity index (χ1v) is 24.0. The van der Waals surface area contributed by atoms with E-state index in [0.717, 1.165) is 0 Å². The van der Waals surface area contributed by atoms with E-state index in [4.69, 9.17) is 20.6 Å². The average molecular weight is 789 g/mol. The molecule has 2 unspecified atom stereocenters. The van der Waals surface area contributed by atoms with E-state index in [-0.39, 0.29) is 5.91 Å². The molecule has 0 saturated carbocycles. The zero-order chi connectivity index (χ0) is 36.7. The predicted molar refractivity (Wildman–Crippen MR) is 216 cm³/mol. The molecule has 1 N–H and O–H groups in total. The van der Waals surface area contributed by atoms with Gasteiger partial charge in [0, 0.05) is 0 Å². The van der Waals surface area contributed by atoms with Crippen LogP contribution in [0.15, 0.2) is 158 Å². The minimum absolute atomic E-state index is 0.255. The molecule has 0 aliphatic carbocycles. The van der Waals surface area contributed by atoms with Crippen molar-refractivity contribution in [1.82, 2.24) is 5.32 Å². The fraction of sp³-hybridized carbons (Fsp3) is 0.159. The van der Waals surface area contributed by atoms with Crippen LogP contribution in [0.5, 0.6) is 11.5 Å². The zero-order valence-electron chi connectivity index (χ0n) is 29.8. The van der Waals surface area contributed by atoms with E-state index in [0.29, 0.717) is 27.3 Å². The molecule has 6 aromatic rings. The van der Waals surface area contributed by atoms with E-state index < -0.39 is 32.6 Å². The van der Waals surface area contributed by atoms with Crippen LogP contribution in [0, 0.1) is 26.7 Å². The van der Waals surface area contributed by atoms with Crippen molar-refractivity contribution in [3.63, 3.8) is 0 Å². The van der Waals surface area contributed by atoms with E-state index in [2.05, 4.69) is 98.9 Å². The van der Waals surface area contributed by atoms with Gasteiger partial charge in [0.25, 0.3) is 0 Å². The van der Waals surface area contributed by atoms with E-state index >= 15 is 4.57 Å². The summed E-state index contributed by atoms with van der Waals surface area (Å²) in [5.74, 6) is -1.18. The van der Waals surface area contributed by atoms with Crippen LogP contribution in [0.3, 0.4) is 0 Å². The fourth-order valence-electron chi connectivity index (χ4n) is 6.57. The number of amides is 1. The summed E-state index contributed by atoms with van der Waals surface area (Å²) in [4.78, 5) is 14.7. The van der Waals surface area contributed by atoms with Gasteiger partial charge < -0.3 is 0 Å². The van der Waals surface area contributed by atoms with Gasteiger partial charge in [0.05, 0.1) is 0 Å². The second-order valence-electron chi connectivity index (χ2n) is 13.4. The van der Waals surface area contributed by atoms with Crippen LogP contribution in [-0.2, 0) is 9.36 Å². The molecule has 6 rings (SSSR count). The number of benzene rings is 6. The number of para-hydroxylation sites is 2. The quantitative estimate of drug-likeness (QED) is 0.0936. The Hall–Kier alpha value is -4.55. The van der Waals surface area contributed by atoms with Crippen molar-refractivity contribution in [2.24, 2.45) is 5.92 Å². The summed E-state index contributed by atoms with van der Waals surface area (Å²) in [7, 11) is -4.21. The Morgan fingerprint density at radius 1 is 0.615 bits per heavy atom. The van der Waals surface area contributed by atoms with Crippen LogP contribution in [0.1, 0.15) is 35.0 Å². The molecule has 0 fully saturated rings. The van der Waals surface area contributed by atoms with Crippen LogP contribution in [0.25, 0.3) is 0 Å². The predicted octanol–water partition coefficient (Wildman–Crippen LogP) is 9.54. The third kappa shape index (κ3) is 8.56. The number of nitrogens with one attached hydrogen (secondary N) is 1. The van der Waals surface area contributed by atoms with Gasteiger partial charge in [0.15, 0.2) is 0 Å². The minimum atomic E-state index is -4.21. The standard InChI is InChI=1S/C44H43ClGeNO4P/c1-32-15-25-38(26-16-32)46(39-27-17-33(2)18-28-39,40-29-19-34(3)20-30-40)31-35(4)43(48)47-44(36-21-23-37(45)24-22-36)52(49,50-41-11-7-5-8-12-41)51-42-13-9-6-10-14-42/h5-30,35,44H,31H2,1-4H3,(H,47,48). The molecule has 0 saturated heterocycles. The van der Waals surface area contributed by atoms with Crippen LogP contribution < -0.4 is 27.6 Å². The van der Waals surface area contributed by atoms with E-state index in [9.17, 15) is 4.79 Å². The number of hydrogen-bond donors (Lipinski definition) is 1. The molecule has 0 aliphatic heterocycles. The first kappa shape index (κ1) is 37.2. The first-order valence-electron chi connectivity index (χ1n) is 17.4. The van der Waals surface area contributed by atoms with Crippen molar-refractivity contribution in [3.05, 3.63) is 185 Å². The second kappa shape index (κ2) is 16.4. The van der Waals surface area contributed by atoms with Crippen LogP contribution >= 0.6 is 19.2 Å². The molecular formula is C44H43ClGeNO4P. The summed E-state index contributed by atoms with van der Waals surface area (Å²) >= 11 is 2.73. The molecule has 264 valence electrons. The van der Waals surface area contributed by atoms with E-state index in [1.54, 1.807) is 72.8 Å². The summed E-state index contributed by atoms with van der Waals surface area (Å²) in [5.41, 5.74) is 4.08. The van der Waals surface area contributed by atoms with E-state index in [1.165, 1.54) is 29.9 Å². The number of rotatable bonds is 13. The number of aryl methyl sites for hydroxylation is 3. The van der Waals surface area contributed by atoms with Crippen LogP contribution in [-0.4, -0.2) is 19.2 Å². The van der Waals surface area contributed by atoms with Crippen molar-refractivity contribution in [3.8, 4) is 11.5 Å². The van der Waals surface area contributed by atoms with Crippen molar-refractivity contribution in [1.29, 1.82) is 0 Å². The van der Waals surface area contributed by atoms with Gasteiger partial charge in [-0.2, -0.15) is 0 Å². The van der Waals surface area contributed by atoms with Crippen molar-refractivity contribution in [2.45, 2.75) is 38.7 Å². The Morgan fingerprint density at radius 2 is 1.00 bits per heavy atom. The molecular weight excluding hydrogens is 746 g/mol. The molecule has 0 spiro atoms. The molecule has 2 atom stereocenters. The maximum atomic E-state index is 15.3. The zero-order valence-corrected chi connectivity index (χ0v) is 33.6. The van der Waals surface area contributed by atoms with Gasteiger partial charge in [-0.1, -0.05) is 0 Å². The summed E-state index contributed by atoms with van der Waals surface area (Å²) in [6, 6.07) is 51.1. The summed E-state index contributed by atoms with van der Waals surface area (Å²) < 4.78 is 31.6. The molecule has 0 aromatic heterocycles. The Labute approximate surface area is 314 Å². The molecule has 1 amide bonds. The molecule has 0 radical (unpaired) electrons. The molecule has 8 heteroatoms. The number of carbonyl (C=O) groups excluding carboxylic acids is 1. The fourth-order valence-corrected chi connectivity index (χ4v) is 19.1. The van der Waals surface area contributed by atoms with Gasteiger partial charge in [0.1, 0.15) is 0 Å². The molecule has 6 aromatic carbocycles. The molecule has 0 bridgehead atoms. The van der Waals surface area contributed by atoms with Gasteiger partial charge in [-0.25, -0.2) is 0 Å². The number of carbonyl (C=O) groups is 1. The topological polar surface area (TPSA) is 64.6 Å². The third-order valence-corrected chi connectivity index (χ3v) is 22.5. The first-order chi connectivity index (χ1) is 25.1. The Kier molecular flexibility index (Phi) is 11.8. The molecule has 0 heterocycles. The Morgan fingerprint density at radius 3 is 1.38 bits per heavy atom. The van der Waals surface area contributed by atoms with Gasteiger partial charge in [-0.05, 0) is 0 Å². The van der Waals surface area contributed by atoms with Crippen molar-refractivity contribution < 1.29 is 18.4 Å². The SMILES string of the molecule is Cc1cc[c]([Ge]([CH2]C(C)C(=O)NC(c2ccc(Cl)cc2)P(=O)(Oc2ccccc2)Oc2ccccc2)([c]2ccc(C)cc2)[c]2ccc(C)cc2)cc1. The van der Waals surface area contributed by atoms with Gasteiger partial charge in [-0.3, -0.25) is 0 Å². The number of hydrogen-bond acceptors (Lipinski definition) is 4. The molecule has 52 heavy (non-hydrogen) atoms.